The first-order valence-electron chi connectivity index (χ1n) is 8.30. The monoisotopic (exact) mass is 346 g/mol. The van der Waals surface area contributed by atoms with Crippen LogP contribution < -0.4 is 4.74 Å². The van der Waals surface area contributed by atoms with E-state index in [0.29, 0.717) is 12.2 Å². The lowest BCUT2D eigenvalue weighted by Gasteiger charge is -2.15. The van der Waals surface area contributed by atoms with Crippen molar-refractivity contribution in [2.75, 3.05) is 20.0 Å². The first-order valence-corrected chi connectivity index (χ1v) is 12.0. The summed E-state index contributed by atoms with van der Waals surface area (Å²) in [7, 11) is -1.06. The van der Waals surface area contributed by atoms with Crippen LogP contribution in [0, 0.1) is 0 Å². The van der Waals surface area contributed by atoms with Gasteiger partial charge in [0.2, 0.25) is 0 Å². The second-order valence-electron chi connectivity index (χ2n) is 6.93. The zero-order chi connectivity index (χ0) is 17.6. The highest BCUT2D eigenvalue weighted by atomic mass is 28.3. The topological polar surface area (TPSA) is 44.8 Å². The molecule has 24 heavy (non-hydrogen) atoms. The quantitative estimate of drug-likeness (QED) is 0.301. The maximum Gasteiger partial charge on any atom is 0.338 e. The molecule has 0 unspecified atom stereocenters. The Morgan fingerprint density at radius 1 is 1.04 bits per heavy atom. The van der Waals surface area contributed by atoms with Crippen LogP contribution in [0.3, 0.4) is 0 Å². The van der Waals surface area contributed by atoms with Gasteiger partial charge >= 0.3 is 5.97 Å². The van der Waals surface area contributed by atoms with E-state index < -0.39 is 8.07 Å². The van der Waals surface area contributed by atoms with Gasteiger partial charge in [-0.3, -0.25) is 0 Å². The molecule has 130 valence electrons. The van der Waals surface area contributed by atoms with Crippen LogP contribution in [0.1, 0.15) is 17.3 Å². The van der Waals surface area contributed by atoms with Gasteiger partial charge in [0.05, 0.1) is 12.2 Å². The summed E-state index contributed by atoms with van der Waals surface area (Å²) in [6, 6.07) is 12.4. The van der Waals surface area contributed by atoms with E-state index in [1.807, 2.05) is 30.3 Å². The Hall–Kier alpha value is -1.85. The van der Waals surface area contributed by atoms with Crippen LogP contribution in [0.15, 0.2) is 36.4 Å². The number of esters is 1. The Bertz CT molecular complexity index is 691. The Balaban J connectivity index is 1.94. The molecule has 0 N–H and O–H groups in total. The normalized spacial score (nSPS) is 11.5. The van der Waals surface area contributed by atoms with Gasteiger partial charge in [-0.25, -0.2) is 4.79 Å². The highest BCUT2D eigenvalue weighted by molar-refractivity contribution is 6.76. The van der Waals surface area contributed by atoms with E-state index in [9.17, 15) is 4.79 Å². The number of benzene rings is 2. The molecular weight excluding hydrogens is 320 g/mol. The van der Waals surface area contributed by atoms with Crippen molar-refractivity contribution in [3.63, 3.8) is 0 Å². The molecule has 0 fully saturated rings. The summed E-state index contributed by atoms with van der Waals surface area (Å²) in [5.74, 6) is 0.468. The summed E-state index contributed by atoms with van der Waals surface area (Å²) in [6.45, 7) is 10.2. The molecule has 5 heteroatoms. The second kappa shape index (κ2) is 8.31. The van der Waals surface area contributed by atoms with Gasteiger partial charge in [-0.2, -0.15) is 0 Å². The smallest absolute Gasteiger partial charge is 0.338 e. The minimum Gasteiger partial charge on any atom is -0.468 e. The molecule has 2 aromatic rings. The highest BCUT2D eigenvalue weighted by Crippen LogP contribution is 2.22. The summed E-state index contributed by atoms with van der Waals surface area (Å²) in [5.41, 5.74) is 0.563. The van der Waals surface area contributed by atoms with Crippen molar-refractivity contribution in [2.45, 2.75) is 32.6 Å². The summed E-state index contributed by atoms with van der Waals surface area (Å²) >= 11 is 0. The van der Waals surface area contributed by atoms with E-state index in [2.05, 4.69) is 19.6 Å². The van der Waals surface area contributed by atoms with Crippen LogP contribution >= 0.6 is 0 Å². The predicted molar refractivity (Wildman–Crippen MR) is 99.5 cm³/mol. The molecule has 2 rings (SSSR count). The third-order valence-corrected chi connectivity index (χ3v) is 5.33. The van der Waals surface area contributed by atoms with Crippen molar-refractivity contribution in [3.05, 3.63) is 42.0 Å². The molecule has 0 spiro atoms. The molecule has 0 bridgehead atoms. The van der Waals surface area contributed by atoms with E-state index in [1.165, 1.54) is 0 Å². The summed E-state index contributed by atoms with van der Waals surface area (Å²) < 4.78 is 16.2. The van der Waals surface area contributed by atoms with Crippen molar-refractivity contribution >= 4 is 24.8 Å². The van der Waals surface area contributed by atoms with Crippen LogP contribution in [0.25, 0.3) is 10.8 Å². The molecule has 0 aromatic heterocycles. The van der Waals surface area contributed by atoms with Crippen molar-refractivity contribution in [3.8, 4) is 5.75 Å². The van der Waals surface area contributed by atoms with Crippen molar-refractivity contribution < 1.29 is 19.0 Å². The second-order valence-corrected chi connectivity index (χ2v) is 12.5. The Morgan fingerprint density at radius 2 is 1.75 bits per heavy atom. The fourth-order valence-corrected chi connectivity index (χ4v) is 2.96. The molecule has 0 radical (unpaired) electrons. The molecular formula is C19H26O4Si. The van der Waals surface area contributed by atoms with Crippen molar-refractivity contribution in [1.82, 2.24) is 0 Å². The number of carbonyl (C=O) groups is 1. The predicted octanol–water partition coefficient (Wildman–Crippen LogP) is 4.71. The Morgan fingerprint density at radius 3 is 2.46 bits per heavy atom. The molecule has 0 aliphatic carbocycles. The minimum atomic E-state index is -1.06. The van der Waals surface area contributed by atoms with Gasteiger partial charge in [-0.05, 0) is 48.0 Å². The lowest BCUT2D eigenvalue weighted by Crippen LogP contribution is -2.22. The van der Waals surface area contributed by atoms with Gasteiger partial charge < -0.3 is 14.2 Å². The number of hydrogen-bond acceptors (Lipinski definition) is 4. The van der Waals surface area contributed by atoms with Gasteiger partial charge in [0.15, 0.2) is 6.79 Å². The zero-order valence-electron chi connectivity index (χ0n) is 14.9. The first kappa shape index (κ1) is 18.5. The average Bonchev–Trinajstić information content (AvgIpc) is 2.53. The van der Waals surface area contributed by atoms with Crippen molar-refractivity contribution in [2.24, 2.45) is 0 Å². The average molecular weight is 346 g/mol. The zero-order valence-corrected chi connectivity index (χ0v) is 15.9. The molecule has 0 atom stereocenters. The van der Waals surface area contributed by atoms with E-state index in [-0.39, 0.29) is 12.8 Å². The largest absolute Gasteiger partial charge is 0.468 e. The summed E-state index contributed by atoms with van der Waals surface area (Å²) in [6.07, 6.45) is 0. The standard InChI is InChI=1S/C19H26O4Si/c1-5-22-19(20)17-7-6-16-13-18(9-8-15(16)12-17)23-14-21-10-11-24(2,3)4/h6-9,12-13H,5,10-11,14H2,1-4H3. The summed E-state index contributed by atoms with van der Waals surface area (Å²) in [5, 5.41) is 2.00. The van der Waals surface area contributed by atoms with E-state index in [0.717, 1.165) is 29.2 Å². The first-order chi connectivity index (χ1) is 11.4. The third kappa shape index (κ3) is 5.65. The van der Waals surface area contributed by atoms with Crippen LogP contribution in [0.5, 0.6) is 5.75 Å². The van der Waals surface area contributed by atoms with Gasteiger partial charge in [0.25, 0.3) is 0 Å². The van der Waals surface area contributed by atoms with Gasteiger partial charge in [-0.1, -0.05) is 31.8 Å². The fourth-order valence-electron chi connectivity index (χ4n) is 2.20. The molecule has 4 nitrogen and oxygen atoms in total. The Kier molecular flexibility index (Phi) is 6.40. The number of ether oxygens (including phenoxy) is 3. The van der Waals surface area contributed by atoms with Crippen LogP contribution in [0.4, 0.5) is 0 Å². The molecule has 0 saturated heterocycles. The van der Waals surface area contributed by atoms with Crippen LogP contribution in [-0.2, 0) is 9.47 Å². The minimum absolute atomic E-state index is 0.261. The molecule has 0 heterocycles. The Labute approximate surface area is 144 Å². The third-order valence-electron chi connectivity index (χ3n) is 3.63. The number of hydrogen-bond donors (Lipinski definition) is 0. The van der Waals surface area contributed by atoms with Gasteiger partial charge in [-0.15, -0.1) is 0 Å². The lowest BCUT2D eigenvalue weighted by molar-refractivity contribution is 0.0221. The lowest BCUT2D eigenvalue weighted by atomic mass is 10.1. The van der Waals surface area contributed by atoms with E-state index in [4.69, 9.17) is 14.2 Å². The van der Waals surface area contributed by atoms with E-state index >= 15 is 0 Å². The molecule has 0 aliphatic heterocycles. The number of carbonyl (C=O) groups excluding carboxylic acids is 1. The van der Waals surface area contributed by atoms with E-state index in [1.54, 1.807) is 13.0 Å². The highest BCUT2D eigenvalue weighted by Gasteiger charge is 2.12. The molecule has 2 aromatic carbocycles. The number of rotatable bonds is 8. The van der Waals surface area contributed by atoms with Crippen LogP contribution in [0.2, 0.25) is 25.7 Å². The molecule has 0 aliphatic rings. The van der Waals surface area contributed by atoms with Crippen molar-refractivity contribution in [1.29, 1.82) is 0 Å². The maximum absolute atomic E-state index is 11.8. The van der Waals surface area contributed by atoms with Gasteiger partial charge in [0, 0.05) is 14.7 Å². The van der Waals surface area contributed by atoms with Crippen LogP contribution in [-0.4, -0.2) is 34.0 Å². The molecule has 0 amide bonds. The van der Waals surface area contributed by atoms with Gasteiger partial charge in [0.1, 0.15) is 5.75 Å². The number of fused-ring (bicyclic) bond motifs is 1. The molecule has 0 saturated carbocycles. The fraction of sp³-hybridized carbons (Fsp3) is 0.421. The summed E-state index contributed by atoms with van der Waals surface area (Å²) in [4.78, 5) is 11.8. The maximum atomic E-state index is 11.8. The SMILES string of the molecule is CCOC(=O)c1ccc2cc(OCOCC[Si](C)(C)C)ccc2c1.